The molecule has 1 aromatic carbocycles. The number of halogens is 1. The number of hydrogen-bond acceptors (Lipinski definition) is 4. The van der Waals surface area contributed by atoms with E-state index in [0.29, 0.717) is 12.4 Å². The molecule has 0 aliphatic carbocycles. The van der Waals surface area contributed by atoms with E-state index in [9.17, 15) is 5.11 Å². The molecule has 0 aromatic heterocycles. The normalized spacial score (nSPS) is 19.7. The highest BCUT2D eigenvalue weighted by molar-refractivity contribution is 6.28. The fraction of sp³-hybridized carbons (Fsp3) is 0.533. The summed E-state index contributed by atoms with van der Waals surface area (Å²) >= 11 is 5.60. The molecule has 5 nitrogen and oxygen atoms in total. The van der Waals surface area contributed by atoms with Gasteiger partial charge in [-0.05, 0) is 24.7 Å². The summed E-state index contributed by atoms with van der Waals surface area (Å²) in [5, 5.41) is 10.3. The van der Waals surface area contributed by atoms with Crippen molar-refractivity contribution in [1.29, 1.82) is 0 Å². The van der Waals surface area contributed by atoms with Gasteiger partial charge in [0.2, 0.25) is 0 Å². The van der Waals surface area contributed by atoms with E-state index in [4.69, 9.17) is 17.3 Å². The Morgan fingerprint density at radius 3 is 2.48 bits per heavy atom. The molecule has 0 amide bonds. The molecule has 21 heavy (non-hydrogen) atoms. The molecule has 1 heterocycles. The minimum atomic E-state index is -0.475. The van der Waals surface area contributed by atoms with Gasteiger partial charge in [-0.3, -0.25) is 4.90 Å². The van der Waals surface area contributed by atoms with Crippen LogP contribution in [0.1, 0.15) is 11.7 Å². The lowest BCUT2D eigenvalue weighted by Gasteiger charge is -2.33. The third-order valence-electron chi connectivity index (χ3n) is 3.71. The lowest BCUT2D eigenvalue weighted by Crippen LogP contribution is -2.45. The first-order valence-corrected chi connectivity index (χ1v) is 7.70. The molecule has 0 radical (unpaired) electrons. The van der Waals surface area contributed by atoms with Crippen LogP contribution in [0, 0.1) is 0 Å². The number of aliphatic hydroxyl groups excluding tert-OH is 1. The van der Waals surface area contributed by atoms with Gasteiger partial charge in [-0.25, -0.2) is 4.99 Å². The Balaban J connectivity index is 1.92. The van der Waals surface area contributed by atoms with Gasteiger partial charge in [-0.15, -0.1) is 11.6 Å². The number of alkyl halides is 1. The first-order valence-electron chi connectivity index (χ1n) is 7.16. The average molecular weight is 311 g/mol. The topological polar surface area (TPSA) is 65.1 Å². The smallest absolute Gasteiger partial charge is 0.115 e. The van der Waals surface area contributed by atoms with Gasteiger partial charge in [0.05, 0.1) is 17.7 Å². The number of nitrogens with two attached hydrogens (primary N) is 1. The SMILES string of the molecule is CN1CCN(CC(O)c2ccc(N=C(N)CCl)cc2)CC1. The van der Waals surface area contributed by atoms with Gasteiger partial charge in [-0.1, -0.05) is 12.1 Å². The summed E-state index contributed by atoms with van der Waals surface area (Å²) in [6.45, 7) is 4.78. The predicted octanol–water partition coefficient (Wildman–Crippen LogP) is 1.19. The van der Waals surface area contributed by atoms with Crippen molar-refractivity contribution < 1.29 is 5.11 Å². The maximum atomic E-state index is 10.3. The molecule has 1 saturated heterocycles. The lowest BCUT2D eigenvalue weighted by molar-refractivity contribution is 0.0805. The highest BCUT2D eigenvalue weighted by Gasteiger charge is 2.17. The van der Waals surface area contributed by atoms with E-state index in [0.717, 1.165) is 37.4 Å². The third-order valence-corrected chi connectivity index (χ3v) is 3.99. The molecule has 0 bridgehead atoms. The monoisotopic (exact) mass is 310 g/mol. The fourth-order valence-corrected chi connectivity index (χ4v) is 2.41. The summed E-state index contributed by atoms with van der Waals surface area (Å²) in [5.74, 6) is 0.607. The first-order chi connectivity index (χ1) is 10.1. The molecule has 2 rings (SSSR count). The highest BCUT2D eigenvalue weighted by atomic mass is 35.5. The maximum absolute atomic E-state index is 10.3. The summed E-state index contributed by atoms with van der Waals surface area (Å²) in [4.78, 5) is 8.76. The molecule has 116 valence electrons. The Kier molecular flexibility index (Phi) is 5.99. The van der Waals surface area contributed by atoms with Crippen LogP contribution >= 0.6 is 11.6 Å². The maximum Gasteiger partial charge on any atom is 0.115 e. The van der Waals surface area contributed by atoms with Crippen molar-refractivity contribution in [2.24, 2.45) is 10.7 Å². The van der Waals surface area contributed by atoms with Crippen LogP contribution in [0.15, 0.2) is 29.3 Å². The summed E-state index contributed by atoms with van der Waals surface area (Å²) in [5.41, 5.74) is 7.25. The van der Waals surface area contributed by atoms with Crippen molar-refractivity contribution in [2.75, 3.05) is 45.7 Å². The zero-order chi connectivity index (χ0) is 15.2. The molecule has 1 fully saturated rings. The van der Waals surface area contributed by atoms with Crippen LogP contribution in [-0.4, -0.2) is 66.4 Å². The van der Waals surface area contributed by atoms with Gasteiger partial charge in [-0.2, -0.15) is 0 Å². The number of nitrogens with zero attached hydrogens (tertiary/aromatic N) is 3. The summed E-state index contributed by atoms with van der Waals surface area (Å²) in [6, 6.07) is 7.48. The molecule has 1 aliphatic rings. The number of piperazine rings is 1. The Morgan fingerprint density at radius 2 is 1.90 bits per heavy atom. The van der Waals surface area contributed by atoms with Gasteiger partial charge in [0.1, 0.15) is 5.84 Å². The van der Waals surface area contributed by atoms with Gasteiger partial charge in [0.15, 0.2) is 0 Å². The number of β-amino-alcohol motifs (C(OH)–C–C–N with tert-alkyl or cyclic N) is 1. The zero-order valence-corrected chi connectivity index (χ0v) is 13.1. The van der Waals surface area contributed by atoms with Crippen molar-refractivity contribution in [3.8, 4) is 0 Å². The van der Waals surface area contributed by atoms with E-state index in [1.807, 2.05) is 24.3 Å². The molecule has 0 spiro atoms. The van der Waals surface area contributed by atoms with Crippen molar-refractivity contribution >= 4 is 23.1 Å². The Morgan fingerprint density at radius 1 is 1.29 bits per heavy atom. The number of aliphatic hydroxyl groups is 1. The average Bonchev–Trinajstić information content (AvgIpc) is 2.50. The highest BCUT2D eigenvalue weighted by Crippen LogP contribution is 2.19. The molecular weight excluding hydrogens is 288 g/mol. The largest absolute Gasteiger partial charge is 0.387 e. The second-order valence-corrected chi connectivity index (χ2v) is 5.72. The molecular formula is C15H23ClN4O. The first kappa shape index (κ1) is 16.2. The predicted molar refractivity (Wildman–Crippen MR) is 87.3 cm³/mol. The Hall–Kier alpha value is -1.14. The van der Waals surface area contributed by atoms with Crippen molar-refractivity contribution in [3.05, 3.63) is 29.8 Å². The second kappa shape index (κ2) is 7.75. The second-order valence-electron chi connectivity index (χ2n) is 5.45. The van der Waals surface area contributed by atoms with Crippen molar-refractivity contribution in [3.63, 3.8) is 0 Å². The standard InChI is InChI=1S/C15H23ClN4O/c1-19-6-8-20(9-7-19)11-14(21)12-2-4-13(5-3-12)18-15(17)10-16/h2-5,14,21H,6-11H2,1H3,(H2,17,18). The van der Waals surface area contributed by atoms with Crippen LogP contribution in [0.25, 0.3) is 0 Å². The van der Waals surface area contributed by atoms with E-state index in [1.165, 1.54) is 0 Å². The van der Waals surface area contributed by atoms with E-state index in [1.54, 1.807) is 0 Å². The fourth-order valence-electron chi connectivity index (χ4n) is 2.35. The van der Waals surface area contributed by atoms with Crippen LogP contribution in [0.4, 0.5) is 5.69 Å². The molecule has 3 N–H and O–H groups in total. The Labute approximate surface area is 131 Å². The number of aliphatic imine (C=N–C) groups is 1. The Bertz CT molecular complexity index is 469. The molecule has 0 saturated carbocycles. The number of likely N-dealkylation sites (N-methyl/N-ethyl adjacent to an activating group) is 1. The lowest BCUT2D eigenvalue weighted by atomic mass is 10.1. The third kappa shape index (κ3) is 4.97. The van der Waals surface area contributed by atoms with Gasteiger partial charge < -0.3 is 15.7 Å². The number of benzene rings is 1. The minimum absolute atomic E-state index is 0.216. The number of amidine groups is 1. The van der Waals surface area contributed by atoms with E-state index >= 15 is 0 Å². The van der Waals surface area contributed by atoms with Gasteiger partial charge in [0, 0.05) is 32.7 Å². The molecule has 1 aliphatic heterocycles. The zero-order valence-electron chi connectivity index (χ0n) is 12.4. The summed E-state index contributed by atoms with van der Waals surface area (Å²) in [7, 11) is 2.12. The molecule has 1 atom stereocenters. The molecule has 1 unspecified atom stereocenters. The van der Waals surface area contributed by atoms with E-state index in [2.05, 4.69) is 21.8 Å². The minimum Gasteiger partial charge on any atom is -0.387 e. The summed E-state index contributed by atoms with van der Waals surface area (Å²) < 4.78 is 0. The van der Waals surface area contributed by atoms with E-state index < -0.39 is 6.10 Å². The van der Waals surface area contributed by atoms with Crippen LogP contribution in [0.3, 0.4) is 0 Å². The van der Waals surface area contributed by atoms with Crippen molar-refractivity contribution in [2.45, 2.75) is 6.10 Å². The summed E-state index contributed by atoms with van der Waals surface area (Å²) in [6.07, 6.45) is -0.475. The molecule has 1 aromatic rings. The quantitative estimate of drug-likeness (QED) is 0.487. The van der Waals surface area contributed by atoms with Gasteiger partial charge in [0.25, 0.3) is 0 Å². The van der Waals surface area contributed by atoms with Crippen LogP contribution in [0.5, 0.6) is 0 Å². The van der Waals surface area contributed by atoms with Gasteiger partial charge >= 0.3 is 0 Å². The number of rotatable bonds is 5. The van der Waals surface area contributed by atoms with Crippen LogP contribution in [0.2, 0.25) is 0 Å². The van der Waals surface area contributed by atoms with Crippen LogP contribution < -0.4 is 5.73 Å². The number of hydrogen-bond donors (Lipinski definition) is 2. The van der Waals surface area contributed by atoms with E-state index in [-0.39, 0.29) is 5.88 Å². The van der Waals surface area contributed by atoms with Crippen LogP contribution in [-0.2, 0) is 0 Å². The van der Waals surface area contributed by atoms with Crippen molar-refractivity contribution in [1.82, 2.24) is 9.80 Å². The molecule has 6 heteroatoms.